The first-order valence-electron chi connectivity index (χ1n) is 12.2. The van der Waals surface area contributed by atoms with Gasteiger partial charge in [-0.25, -0.2) is 4.79 Å². The summed E-state index contributed by atoms with van der Waals surface area (Å²) in [6.07, 6.45) is 1.77. The number of esters is 1. The van der Waals surface area contributed by atoms with Crippen LogP contribution in [0.1, 0.15) is 67.2 Å². The van der Waals surface area contributed by atoms with Gasteiger partial charge in [0.2, 0.25) is 11.8 Å². The van der Waals surface area contributed by atoms with Gasteiger partial charge in [-0.2, -0.15) is 0 Å². The van der Waals surface area contributed by atoms with Gasteiger partial charge in [-0.05, 0) is 36.6 Å². The highest BCUT2D eigenvalue weighted by Gasteiger charge is 2.44. The minimum Gasteiger partial charge on any atom is -0.463 e. The lowest BCUT2D eigenvalue weighted by Crippen LogP contribution is -2.61. The van der Waals surface area contributed by atoms with E-state index in [0.29, 0.717) is 5.57 Å². The molecule has 0 aromatic carbocycles. The lowest BCUT2D eigenvalue weighted by Gasteiger charge is -2.43. The summed E-state index contributed by atoms with van der Waals surface area (Å²) in [6, 6.07) is 2.00. The van der Waals surface area contributed by atoms with Crippen molar-refractivity contribution >= 4 is 29.1 Å². The van der Waals surface area contributed by atoms with Crippen LogP contribution in [0.2, 0.25) is 0 Å². The molecule has 0 unspecified atom stereocenters. The average Bonchev–Trinajstić information content (AvgIpc) is 3.30. The largest absolute Gasteiger partial charge is 0.463 e. The second-order valence-electron chi connectivity index (χ2n) is 11.1. The van der Waals surface area contributed by atoms with Gasteiger partial charge in [0.1, 0.15) is 6.04 Å². The Hall–Kier alpha value is -2.19. The number of amides is 2. The molecular weight excluding hydrogens is 462 g/mol. The Kier molecular flexibility index (Phi) is 10.7. The van der Waals surface area contributed by atoms with Gasteiger partial charge in [0.15, 0.2) is 0 Å². The third-order valence-corrected chi connectivity index (χ3v) is 7.69. The normalized spacial score (nSPS) is 15.4. The van der Waals surface area contributed by atoms with Crippen molar-refractivity contribution in [3.8, 4) is 0 Å². The fraction of sp³-hybridized carbons (Fsp3) is 0.667. The van der Waals surface area contributed by atoms with Crippen LogP contribution in [0.4, 0.5) is 0 Å². The van der Waals surface area contributed by atoms with Gasteiger partial charge < -0.3 is 20.3 Å². The highest BCUT2D eigenvalue weighted by atomic mass is 32.1. The zero-order valence-electron chi connectivity index (χ0n) is 23.3. The highest BCUT2D eigenvalue weighted by Crippen LogP contribution is 2.33. The van der Waals surface area contributed by atoms with Crippen LogP contribution in [0, 0.1) is 11.3 Å². The van der Waals surface area contributed by atoms with Gasteiger partial charge >= 0.3 is 5.97 Å². The number of hydrogen-bond donors (Lipinski definition) is 1. The van der Waals surface area contributed by atoms with E-state index in [-0.39, 0.29) is 30.4 Å². The zero-order valence-corrected chi connectivity index (χ0v) is 24.2. The van der Waals surface area contributed by atoms with Crippen molar-refractivity contribution in [1.29, 1.82) is 0 Å². The topological polar surface area (TPSA) is 92.9 Å². The van der Waals surface area contributed by atoms with Crippen molar-refractivity contribution in [3.63, 3.8) is 0 Å². The Morgan fingerprint density at radius 3 is 2.09 bits per heavy atom. The van der Waals surface area contributed by atoms with Gasteiger partial charge in [-0.1, -0.05) is 60.6 Å². The molecule has 198 valence electrons. The van der Waals surface area contributed by atoms with Crippen LogP contribution in [-0.2, 0) is 24.5 Å². The molecule has 1 heterocycles. The molecule has 0 aliphatic rings. The van der Waals surface area contributed by atoms with E-state index in [1.165, 1.54) is 4.90 Å². The third kappa shape index (κ3) is 7.40. The number of ether oxygens (including phenoxy) is 1. The van der Waals surface area contributed by atoms with Crippen LogP contribution in [0.25, 0.3) is 0 Å². The summed E-state index contributed by atoms with van der Waals surface area (Å²) < 4.78 is 5.11. The second kappa shape index (κ2) is 12.2. The Morgan fingerprint density at radius 2 is 1.66 bits per heavy atom. The molecule has 0 spiro atoms. The molecule has 7 nitrogen and oxygen atoms in total. The van der Waals surface area contributed by atoms with E-state index in [9.17, 15) is 14.4 Å². The van der Waals surface area contributed by atoms with E-state index in [0.717, 1.165) is 4.88 Å². The summed E-state index contributed by atoms with van der Waals surface area (Å²) in [5.41, 5.74) is 5.82. The van der Waals surface area contributed by atoms with Crippen LogP contribution in [-0.4, -0.2) is 66.4 Å². The third-order valence-electron chi connectivity index (χ3n) is 6.48. The molecule has 3 atom stereocenters. The molecule has 0 saturated heterocycles. The molecule has 1 rings (SSSR count). The van der Waals surface area contributed by atoms with Crippen LogP contribution in [0.5, 0.6) is 0 Å². The van der Waals surface area contributed by atoms with E-state index >= 15 is 0 Å². The SMILES string of the molecule is CCOC(=O)/C(C)=C/[C@H](C(C)C)N(C)C(=O)[C@@H](N(C)C(=O)[C@H](N)C(C)(C)c1cccs1)C(C)(C)C. The van der Waals surface area contributed by atoms with Crippen LogP contribution in [0.15, 0.2) is 29.2 Å². The minimum absolute atomic E-state index is 0.0370. The molecule has 0 aliphatic carbocycles. The molecule has 0 bridgehead atoms. The first-order chi connectivity index (χ1) is 16.0. The van der Waals surface area contributed by atoms with Gasteiger partial charge in [0.05, 0.1) is 18.7 Å². The van der Waals surface area contributed by atoms with Gasteiger partial charge in [0, 0.05) is 30.0 Å². The number of nitrogens with two attached hydrogens (primary N) is 1. The summed E-state index contributed by atoms with van der Waals surface area (Å²) in [6.45, 7) is 17.4. The Balaban J connectivity index is 3.32. The van der Waals surface area contributed by atoms with Crippen LogP contribution in [0.3, 0.4) is 0 Å². The van der Waals surface area contributed by atoms with Crippen molar-refractivity contribution in [3.05, 3.63) is 34.0 Å². The molecule has 1 aromatic rings. The number of carbonyl (C=O) groups excluding carboxylic acids is 3. The van der Waals surface area contributed by atoms with E-state index in [2.05, 4.69) is 0 Å². The Labute approximate surface area is 215 Å². The van der Waals surface area contributed by atoms with Gasteiger partial charge in [-0.15, -0.1) is 11.3 Å². The molecule has 35 heavy (non-hydrogen) atoms. The maximum absolute atomic E-state index is 13.9. The first kappa shape index (κ1) is 30.8. The quantitative estimate of drug-likeness (QED) is 0.378. The summed E-state index contributed by atoms with van der Waals surface area (Å²) >= 11 is 1.56. The average molecular weight is 508 g/mol. The summed E-state index contributed by atoms with van der Waals surface area (Å²) in [4.78, 5) is 43.8. The van der Waals surface area contributed by atoms with Crippen molar-refractivity contribution < 1.29 is 19.1 Å². The maximum Gasteiger partial charge on any atom is 0.333 e. The van der Waals surface area contributed by atoms with E-state index < -0.39 is 28.9 Å². The molecule has 1 aromatic heterocycles. The van der Waals surface area contributed by atoms with Crippen molar-refractivity contribution in [1.82, 2.24) is 9.80 Å². The number of likely N-dealkylation sites (N-methyl/N-ethyl adjacent to an activating group) is 2. The maximum atomic E-state index is 13.9. The molecule has 0 radical (unpaired) electrons. The van der Waals surface area contributed by atoms with Crippen molar-refractivity contribution in [2.24, 2.45) is 17.1 Å². The molecule has 0 saturated carbocycles. The summed E-state index contributed by atoms with van der Waals surface area (Å²) in [7, 11) is 3.37. The lowest BCUT2D eigenvalue weighted by atomic mass is 9.80. The predicted octanol–water partition coefficient (Wildman–Crippen LogP) is 4.22. The number of hydrogen-bond acceptors (Lipinski definition) is 6. The number of rotatable bonds is 10. The van der Waals surface area contributed by atoms with Crippen LogP contribution >= 0.6 is 11.3 Å². The number of carbonyl (C=O) groups is 3. The van der Waals surface area contributed by atoms with E-state index in [1.54, 1.807) is 50.3 Å². The fourth-order valence-electron chi connectivity index (χ4n) is 4.23. The Bertz CT molecular complexity index is 900. The predicted molar refractivity (Wildman–Crippen MR) is 143 cm³/mol. The first-order valence-corrected chi connectivity index (χ1v) is 13.0. The Morgan fingerprint density at radius 1 is 1.09 bits per heavy atom. The van der Waals surface area contributed by atoms with E-state index in [4.69, 9.17) is 10.5 Å². The highest BCUT2D eigenvalue weighted by molar-refractivity contribution is 7.10. The summed E-state index contributed by atoms with van der Waals surface area (Å²) in [5, 5.41) is 1.96. The minimum atomic E-state index is -0.819. The monoisotopic (exact) mass is 507 g/mol. The van der Waals surface area contributed by atoms with Crippen molar-refractivity contribution in [2.75, 3.05) is 20.7 Å². The van der Waals surface area contributed by atoms with Gasteiger partial charge in [0.25, 0.3) is 0 Å². The van der Waals surface area contributed by atoms with E-state index in [1.807, 2.05) is 66.0 Å². The molecular formula is C27H45N3O4S. The van der Waals surface area contributed by atoms with Gasteiger partial charge in [-0.3, -0.25) is 9.59 Å². The number of thiophene rings is 1. The molecule has 2 amide bonds. The molecule has 2 N–H and O–H groups in total. The molecule has 0 aliphatic heterocycles. The van der Waals surface area contributed by atoms with Crippen molar-refractivity contribution in [2.45, 2.75) is 85.9 Å². The number of nitrogens with zero attached hydrogens (tertiary/aromatic N) is 2. The lowest BCUT2D eigenvalue weighted by molar-refractivity contribution is -0.150. The fourth-order valence-corrected chi connectivity index (χ4v) is 5.12. The molecule has 8 heteroatoms. The molecule has 0 fully saturated rings. The zero-order chi connectivity index (χ0) is 27.3. The smallest absolute Gasteiger partial charge is 0.333 e. The second-order valence-corrected chi connectivity index (χ2v) is 12.1. The van der Waals surface area contributed by atoms with Crippen LogP contribution < -0.4 is 5.73 Å². The standard InChI is InChI=1S/C27H45N3O4S/c1-12-34-25(33)18(4)16-19(17(2)3)29(10)24(32)22(26(5,6)7)30(11)23(31)21(28)27(8,9)20-14-13-15-35-20/h13-17,19,21-22H,12,28H2,1-11H3/b18-16+/t19-,21+,22-/m1/s1. The summed E-state index contributed by atoms with van der Waals surface area (Å²) in [5.74, 6) is -0.860.